The number of hydrogen-bond donors (Lipinski definition) is 2. The van der Waals surface area contributed by atoms with Gasteiger partial charge in [0.25, 0.3) is 0 Å². The average molecular weight is 232 g/mol. The van der Waals surface area contributed by atoms with Crippen LogP contribution >= 0.6 is 0 Å². The molecule has 0 spiro atoms. The van der Waals surface area contributed by atoms with E-state index in [9.17, 15) is 0 Å². The molecule has 94 valence electrons. The van der Waals surface area contributed by atoms with E-state index in [2.05, 4.69) is 57.8 Å². The van der Waals surface area contributed by atoms with Gasteiger partial charge in [0.1, 0.15) is 0 Å². The molecule has 2 heteroatoms. The van der Waals surface area contributed by atoms with E-state index in [1.165, 1.54) is 21.8 Å². The van der Waals surface area contributed by atoms with Crippen LogP contribution in [0.25, 0.3) is 12.2 Å². The first-order chi connectivity index (χ1) is 7.99. The van der Waals surface area contributed by atoms with Gasteiger partial charge in [-0.1, -0.05) is 33.8 Å². The molecule has 0 bridgehead atoms. The Kier molecular flexibility index (Phi) is 4.62. The second-order valence-electron chi connectivity index (χ2n) is 5.00. The van der Waals surface area contributed by atoms with Gasteiger partial charge >= 0.3 is 0 Å². The van der Waals surface area contributed by atoms with Crippen LogP contribution in [0.5, 0.6) is 0 Å². The van der Waals surface area contributed by atoms with Gasteiger partial charge in [0.15, 0.2) is 0 Å². The van der Waals surface area contributed by atoms with Gasteiger partial charge in [-0.25, -0.2) is 0 Å². The highest BCUT2D eigenvalue weighted by Gasteiger charge is 2.03. The lowest BCUT2D eigenvalue weighted by molar-refractivity contribution is 0.798. The zero-order valence-corrected chi connectivity index (χ0v) is 11.5. The maximum absolute atomic E-state index is 5.67. The number of nitrogens with two attached hydrogens (primary N) is 1. The molecular weight excluding hydrogens is 208 g/mol. The lowest BCUT2D eigenvalue weighted by atomic mass is 10.0. The molecule has 17 heavy (non-hydrogen) atoms. The van der Waals surface area contributed by atoms with Gasteiger partial charge in [0.05, 0.1) is 0 Å². The summed E-state index contributed by atoms with van der Waals surface area (Å²) in [6.07, 6.45) is 5.97. The van der Waals surface area contributed by atoms with Crippen molar-refractivity contribution in [1.82, 2.24) is 4.98 Å². The molecule has 2 nitrogen and oxygen atoms in total. The summed E-state index contributed by atoms with van der Waals surface area (Å²) in [5.41, 5.74) is 8.10. The highest BCUT2D eigenvalue weighted by molar-refractivity contribution is 5.48. The minimum Gasteiger partial charge on any atom is -0.404 e. The Bertz CT molecular complexity index is 502. The standard InChI is InChI=1S/C15H24N2/c1-6-14-12(7-13(9-16)10(2)3)8-15(17-14)11(4)5/h6-11,17H,16H2,1-5H3/b12-7-,13-9+,14-6+. The fraction of sp³-hybridized carbons (Fsp3) is 0.467. The van der Waals surface area contributed by atoms with Crippen LogP contribution in [0.4, 0.5) is 0 Å². The van der Waals surface area contributed by atoms with E-state index in [0.29, 0.717) is 11.8 Å². The molecule has 0 saturated carbocycles. The number of rotatable bonds is 3. The summed E-state index contributed by atoms with van der Waals surface area (Å²) in [6.45, 7) is 10.7. The molecule has 0 aliphatic carbocycles. The fourth-order valence-electron chi connectivity index (χ4n) is 1.77. The Morgan fingerprint density at radius 2 is 1.94 bits per heavy atom. The molecule has 1 rings (SSSR count). The molecule has 0 amide bonds. The number of hydrogen-bond acceptors (Lipinski definition) is 1. The van der Waals surface area contributed by atoms with Gasteiger partial charge in [0, 0.05) is 11.0 Å². The van der Waals surface area contributed by atoms with E-state index in [4.69, 9.17) is 5.73 Å². The third-order valence-electron chi connectivity index (χ3n) is 2.99. The van der Waals surface area contributed by atoms with Gasteiger partial charge in [-0.3, -0.25) is 0 Å². The molecule has 0 fully saturated rings. The minimum atomic E-state index is 0.446. The van der Waals surface area contributed by atoms with Crippen LogP contribution < -0.4 is 16.3 Å². The maximum atomic E-state index is 5.67. The van der Waals surface area contributed by atoms with Crippen molar-refractivity contribution in [2.24, 2.45) is 11.7 Å². The molecule has 1 aromatic rings. The van der Waals surface area contributed by atoms with E-state index in [1.54, 1.807) is 6.20 Å². The number of allylic oxidation sites excluding steroid dienone is 1. The van der Waals surface area contributed by atoms with Crippen molar-refractivity contribution < 1.29 is 0 Å². The molecule has 1 heterocycles. The van der Waals surface area contributed by atoms with Crippen LogP contribution in [0.1, 0.15) is 46.2 Å². The highest BCUT2D eigenvalue weighted by atomic mass is 14.7. The fourth-order valence-corrected chi connectivity index (χ4v) is 1.77. The van der Waals surface area contributed by atoms with Gasteiger partial charge in [-0.05, 0) is 47.9 Å². The summed E-state index contributed by atoms with van der Waals surface area (Å²) >= 11 is 0. The molecule has 0 radical (unpaired) electrons. The van der Waals surface area contributed by atoms with Gasteiger partial charge in [-0.2, -0.15) is 0 Å². The first-order valence-corrected chi connectivity index (χ1v) is 6.28. The first-order valence-electron chi connectivity index (χ1n) is 6.28. The molecule has 0 aliphatic heterocycles. The molecule has 1 aromatic heterocycles. The second kappa shape index (κ2) is 5.76. The lowest BCUT2D eigenvalue weighted by Crippen LogP contribution is -2.22. The predicted molar refractivity (Wildman–Crippen MR) is 75.8 cm³/mol. The van der Waals surface area contributed by atoms with Crippen molar-refractivity contribution in [3.8, 4) is 0 Å². The molecule has 0 saturated heterocycles. The van der Waals surface area contributed by atoms with Crippen LogP contribution in [0, 0.1) is 5.92 Å². The van der Waals surface area contributed by atoms with Crippen molar-refractivity contribution in [3.63, 3.8) is 0 Å². The monoisotopic (exact) mass is 232 g/mol. The first kappa shape index (κ1) is 13.6. The number of aromatic amines is 1. The van der Waals surface area contributed by atoms with Crippen LogP contribution in [-0.4, -0.2) is 4.98 Å². The highest BCUT2D eigenvalue weighted by Crippen LogP contribution is 2.10. The number of nitrogens with one attached hydrogen (secondary N) is 1. The van der Waals surface area contributed by atoms with Crippen molar-refractivity contribution in [3.05, 3.63) is 34.1 Å². The third kappa shape index (κ3) is 3.26. The molecule has 0 unspecified atom stereocenters. The Labute approximate surface area is 104 Å². The third-order valence-corrected chi connectivity index (χ3v) is 2.99. The Balaban J connectivity index is 3.36. The van der Waals surface area contributed by atoms with Crippen molar-refractivity contribution in [2.75, 3.05) is 0 Å². The Hall–Kier alpha value is -1.44. The lowest BCUT2D eigenvalue weighted by Gasteiger charge is -2.03. The Morgan fingerprint density at radius 3 is 2.35 bits per heavy atom. The van der Waals surface area contributed by atoms with Crippen LogP contribution in [0.2, 0.25) is 0 Å². The zero-order valence-electron chi connectivity index (χ0n) is 11.5. The van der Waals surface area contributed by atoms with Gasteiger partial charge in [0.2, 0.25) is 0 Å². The Morgan fingerprint density at radius 1 is 1.29 bits per heavy atom. The smallest absolute Gasteiger partial charge is 0.0412 e. The van der Waals surface area contributed by atoms with Gasteiger partial charge in [-0.15, -0.1) is 0 Å². The van der Waals surface area contributed by atoms with E-state index in [-0.39, 0.29) is 0 Å². The summed E-state index contributed by atoms with van der Waals surface area (Å²) in [7, 11) is 0. The van der Waals surface area contributed by atoms with E-state index < -0.39 is 0 Å². The molecular formula is C15H24N2. The minimum absolute atomic E-state index is 0.446. The van der Waals surface area contributed by atoms with Crippen LogP contribution in [-0.2, 0) is 0 Å². The largest absolute Gasteiger partial charge is 0.404 e. The van der Waals surface area contributed by atoms with Crippen LogP contribution in [0.3, 0.4) is 0 Å². The zero-order chi connectivity index (χ0) is 13.0. The summed E-state index contributed by atoms with van der Waals surface area (Å²) in [5.74, 6) is 0.960. The molecule has 0 aromatic carbocycles. The van der Waals surface area contributed by atoms with Crippen molar-refractivity contribution in [2.45, 2.75) is 40.5 Å². The van der Waals surface area contributed by atoms with Gasteiger partial charge < -0.3 is 10.7 Å². The van der Waals surface area contributed by atoms with Crippen molar-refractivity contribution >= 4 is 12.2 Å². The average Bonchev–Trinajstić information content (AvgIpc) is 2.68. The maximum Gasteiger partial charge on any atom is 0.0412 e. The summed E-state index contributed by atoms with van der Waals surface area (Å²) in [4.78, 5) is 3.44. The van der Waals surface area contributed by atoms with E-state index >= 15 is 0 Å². The molecule has 0 aliphatic rings. The topological polar surface area (TPSA) is 41.8 Å². The molecule has 3 N–H and O–H groups in total. The van der Waals surface area contributed by atoms with E-state index in [0.717, 1.165) is 0 Å². The van der Waals surface area contributed by atoms with Crippen molar-refractivity contribution in [1.29, 1.82) is 0 Å². The molecule has 0 atom stereocenters. The summed E-state index contributed by atoms with van der Waals surface area (Å²) in [5, 5.41) is 2.40. The number of aromatic nitrogens is 1. The van der Waals surface area contributed by atoms with Crippen LogP contribution in [0.15, 0.2) is 17.8 Å². The quantitative estimate of drug-likeness (QED) is 0.824. The predicted octanol–water partition coefficient (Wildman–Crippen LogP) is 2.22. The normalized spacial score (nSPS) is 15.4. The summed E-state index contributed by atoms with van der Waals surface area (Å²) < 4.78 is 0. The second-order valence-corrected chi connectivity index (χ2v) is 5.00. The summed E-state index contributed by atoms with van der Waals surface area (Å²) in [6, 6.07) is 2.21. The van der Waals surface area contributed by atoms with E-state index in [1.807, 2.05) is 0 Å². The SMILES string of the molecule is C/C=c1/[nH]c(C(C)C)c/c1=C/C(=C\N)C(C)C. The number of H-pyrrole nitrogens is 1.